The van der Waals surface area contributed by atoms with Crippen LogP contribution in [0.25, 0.3) is 0 Å². The lowest BCUT2D eigenvalue weighted by atomic mass is 9.93. The fraction of sp³-hybridized carbons (Fsp3) is 0.457. The summed E-state index contributed by atoms with van der Waals surface area (Å²) in [6, 6.07) is 25.1. The number of rotatable bonds is 61. The molecule has 0 fully saturated rings. The van der Waals surface area contributed by atoms with Gasteiger partial charge in [0.05, 0.1) is 117 Å². The number of hydrogen-bond acceptors (Lipinski definition) is 21. The SMILES string of the molecule is NC(=O)CC(CCC(=O)O)C(=O)CN(CCC(=O)O)C(=O)CN(CCC(=O)O)C(=O)CN(CCC(=O)O)C(=O)CN(CCc1ccc(Cl)cc1)C(=O)CN(CCc1ccc(Cl)cc1)C(=O)CN(CCc1ccc(Cl)cc1)C(=O)CN(CCc1ccc(Cl)cc1)C(=O)CN(CCC(=O)O)C(=O)CN(CCC(=O)O)C(=O)CN(CCC(=O)O)C(=O)CNCCC(=O)O. The Kier molecular flexibility index (Phi) is 46.1. The maximum Gasteiger partial charge on any atom is 0.305 e. The van der Waals surface area contributed by atoms with E-state index in [1.807, 2.05) is 0 Å². The van der Waals surface area contributed by atoms with Gasteiger partial charge in [-0.3, -0.25) is 95.9 Å². The molecule has 0 saturated carbocycles. The molecule has 0 aliphatic carbocycles. The van der Waals surface area contributed by atoms with Gasteiger partial charge in [0.2, 0.25) is 65.0 Å². The van der Waals surface area contributed by atoms with Gasteiger partial charge in [-0.1, -0.05) is 94.9 Å². The molecule has 4 aromatic carbocycles. The molecule has 125 heavy (non-hydrogen) atoms. The lowest BCUT2D eigenvalue weighted by Crippen LogP contribution is -2.53. The van der Waals surface area contributed by atoms with Crippen molar-refractivity contribution in [3.05, 3.63) is 139 Å². The van der Waals surface area contributed by atoms with Crippen molar-refractivity contribution in [1.82, 2.24) is 54.3 Å². The molecule has 0 aliphatic heterocycles. The number of ketones is 1. The van der Waals surface area contributed by atoms with E-state index in [9.17, 15) is 112 Å². The number of hydrogen-bond donors (Lipinski definition) is 10. The Balaban J connectivity index is 1.84. The topological polar surface area (TPSA) is 574 Å². The van der Waals surface area contributed by atoms with E-state index in [2.05, 4.69) is 5.32 Å². The third-order valence-electron chi connectivity index (χ3n) is 19.1. The van der Waals surface area contributed by atoms with Crippen LogP contribution in [0.4, 0.5) is 0 Å². The molecule has 11 N–H and O–H groups in total. The highest BCUT2D eigenvalue weighted by Gasteiger charge is 2.35. The highest BCUT2D eigenvalue weighted by Crippen LogP contribution is 2.20. The van der Waals surface area contributed by atoms with E-state index in [0.29, 0.717) is 61.9 Å². The lowest BCUT2D eigenvalue weighted by Gasteiger charge is -2.33. The zero-order valence-electron chi connectivity index (χ0n) is 68.1. The Bertz CT molecular complexity index is 4410. The van der Waals surface area contributed by atoms with Gasteiger partial charge in [-0.25, -0.2) is 0 Å². The van der Waals surface area contributed by atoms with E-state index in [1.165, 1.54) is 24.3 Å². The normalized spacial score (nSPS) is 11.0. The average molecular weight is 1830 g/mol. The minimum atomic E-state index is -1.52. The predicted molar refractivity (Wildman–Crippen MR) is 444 cm³/mol. The lowest BCUT2D eigenvalue weighted by molar-refractivity contribution is -0.150. The number of amides is 11. The fourth-order valence-corrected chi connectivity index (χ4v) is 12.6. The number of carbonyl (C=O) groups excluding carboxylic acids is 12. The molecule has 0 aliphatic rings. The van der Waals surface area contributed by atoms with Gasteiger partial charge in [0.25, 0.3) is 0 Å². The number of primary amides is 1. The van der Waals surface area contributed by atoms with E-state index < -0.39 is 300 Å². The molecular weight excluding hydrogens is 1730 g/mol. The second-order valence-electron chi connectivity index (χ2n) is 28.6. The first kappa shape index (κ1) is 105. The van der Waals surface area contributed by atoms with Gasteiger partial charge in [0, 0.05) is 111 Å². The Morgan fingerprint density at radius 1 is 0.264 bits per heavy atom. The Hall–Kier alpha value is -12.4. The summed E-state index contributed by atoms with van der Waals surface area (Å²) >= 11 is 25.0. The Labute approximate surface area is 737 Å². The summed E-state index contributed by atoms with van der Waals surface area (Å²) in [5, 5.41) is 80.7. The van der Waals surface area contributed by atoms with Crippen molar-refractivity contribution in [3.8, 4) is 0 Å². The molecule has 0 saturated heterocycles. The van der Waals surface area contributed by atoms with Crippen molar-refractivity contribution >= 4 is 165 Å². The second-order valence-corrected chi connectivity index (χ2v) is 30.4. The summed E-state index contributed by atoms with van der Waals surface area (Å²) in [5.74, 6) is -25.4. The van der Waals surface area contributed by atoms with E-state index in [0.717, 1.165) is 29.4 Å². The molecule has 0 radical (unpaired) electrons. The maximum absolute atomic E-state index is 15.5. The zero-order valence-corrected chi connectivity index (χ0v) is 71.1. The molecular formula is C81H100Cl4N12O28. The average Bonchev–Trinajstić information content (AvgIpc) is 0.850. The number of nitrogens with zero attached hydrogens (tertiary/aromatic N) is 10. The van der Waals surface area contributed by atoms with E-state index >= 15 is 19.2 Å². The first-order valence-corrected chi connectivity index (χ1v) is 40.6. The summed E-state index contributed by atoms with van der Waals surface area (Å²) < 4.78 is 0. The van der Waals surface area contributed by atoms with Gasteiger partial charge in [0.1, 0.15) is 0 Å². The highest BCUT2D eigenvalue weighted by atomic mass is 35.5. The van der Waals surface area contributed by atoms with Crippen LogP contribution in [0.5, 0.6) is 0 Å². The van der Waals surface area contributed by atoms with Crippen LogP contribution in [0.1, 0.15) is 86.5 Å². The summed E-state index contributed by atoms with van der Waals surface area (Å²) in [5.41, 5.74) is 7.53. The molecule has 40 nitrogen and oxygen atoms in total. The first-order chi connectivity index (χ1) is 59.0. The molecule has 44 heteroatoms. The van der Waals surface area contributed by atoms with Gasteiger partial charge < -0.3 is 101 Å². The van der Waals surface area contributed by atoms with Gasteiger partial charge in [-0.15, -0.1) is 0 Å². The molecule has 0 spiro atoms. The Morgan fingerprint density at radius 2 is 0.456 bits per heavy atom. The van der Waals surface area contributed by atoms with Crippen molar-refractivity contribution < 1.29 is 137 Å². The van der Waals surface area contributed by atoms with Crippen LogP contribution in [0.15, 0.2) is 97.1 Å². The van der Waals surface area contributed by atoms with Crippen LogP contribution in [0.2, 0.25) is 20.1 Å². The largest absolute Gasteiger partial charge is 0.481 e. The standard InChI is InChI=1S/C81H100Cl4N12O28/c82-58-10-1-53(2-11-58)20-31-90(68(104)48-92(33-22-55-5-14-60(84)15-6-55)70(106)50-96(39-28-80(122)123)73(109)51-95(38-27-79(120)121)66(102)44-89(36-25-77(116)117)64(100)42-87-30-19-75(112)113)46-67(103)91(32-21-54-3-12-59(83)13-4-54)47-69(105)93(34-23-56-7-16-61(85)17-8-56)49-71(107)97(40-29-81(124)125)52-72(108)94(37-26-78(118)119)45-65(101)88(35-24-76(114)115)43-62(98)57(41-63(86)99)9-18-74(110)111/h1-8,10-17,57,87H,9,18-52H2,(H2,86,99)(H,110,111)(H,112,113)(H,114,115)(H,116,117)(H,118,119)(H,120,121)(H,122,123)(H,124,125). The monoisotopic (exact) mass is 1830 g/mol. The van der Waals surface area contributed by atoms with Crippen LogP contribution in [-0.4, -0.2) is 352 Å². The van der Waals surface area contributed by atoms with Crippen LogP contribution in [0.3, 0.4) is 0 Å². The van der Waals surface area contributed by atoms with Gasteiger partial charge in [0.15, 0.2) is 5.78 Å². The molecule has 1 unspecified atom stereocenters. The first-order valence-electron chi connectivity index (χ1n) is 39.1. The van der Waals surface area contributed by atoms with Crippen molar-refractivity contribution in [1.29, 1.82) is 0 Å². The van der Waals surface area contributed by atoms with Gasteiger partial charge >= 0.3 is 47.8 Å². The van der Waals surface area contributed by atoms with Crippen LogP contribution in [-0.2, 0) is 122 Å². The maximum atomic E-state index is 15.5. The number of benzene rings is 4. The van der Waals surface area contributed by atoms with Crippen LogP contribution in [0, 0.1) is 5.92 Å². The summed E-state index contributed by atoms with van der Waals surface area (Å²) in [7, 11) is 0. The van der Waals surface area contributed by atoms with E-state index in [-0.39, 0.29) is 58.4 Å². The van der Waals surface area contributed by atoms with E-state index in [1.54, 1.807) is 72.8 Å². The molecule has 0 aromatic heterocycles. The molecule has 1 atom stereocenters. The van der Waals surface area contributed by atoms with Gasteiger partial charge in [-0.2, -0.15) is 0 Å². The number of carbonyl (C=O) groups is 20. The molecule has 0 bridgehead atoms. The number of carboxylic acids is 8. The predicted octanol–water partition coefficient (Wildman–Crippen LogP) is 1.69. The van der Waals surface area contributed by atoms with Crippen LogP contribution >= 0.6 is 46.4 Å². The Morgan fingerprint density at radius 3 is 0.656 bits per heavy atom. The third kappa shape index (κ3) is 42.5. The molecule has 11 amide bonds. The highest BCUT2D eigenvalue weighted by molar-refractivity contribution is 6.31. The minimum Gasteiger partial charge on any atom is -0.481 e. The number of halogens is 4. The van der Waals surface area contributed by atoms with Crippen molar-refractivity contribution in [2.24, 2.45) is 11.7 Å². The molecule has 4 aromatic rings. The fourth-order valence-electron chi connectivity index (χ4n) is 12.1. The van der Waals surface area contributed by atoms with Gasteiger partial charge in [-0.05, 0) is 103 Å². The van der Waals surface area contributed by atoms with Crippen molar-refractivity contribution in [3.63, 3.8) is 0 Å². The van der Waals surface area contributed by atoms with E-state index in [4.69, 9.17) is 57.2 Å². The summed E-state index contributed by atoms with van der Waals surface area (Å²) in [6.45, 7) is -16.4. The second kappa shape index (κ2) is 55.0. The number of carboxylic acid groups (broad SMARTS) is 8. The number of nitrogens with one attached hydrogen (secondary N) is 1. The molecule has 4 rings (SSSR count). The molecule has 0 heterocycles. The van der Waals surface area contributed by atoms with Crippen molar-refractivity contribution in [2.75, 3.05) is 144 Å². The summed E-state index contributed by atoms with van der Waals surface area (Å²) in [4.78, 5) is 276. The minimum absolute atomic E-state index is 0.0126. The smallest absolute Gasteiger partial charge is 0.305 e. The number of nitrogens with two attached hydrogens (primary N) is 1. The summed E-state index contributed by atoms with van der Waals surface area (Å²) in [6.07, 6.45) is -7.16. The third-order valence-corrected chi connectivity index (χ3v) is 20.1. The molecule has 680 valence electrons. The number of aliphatic carboxylic acids is 8. The van der Waals surface area contributed by atoms with Crippen molar-refractivity contribution in [2.45, 2.75) is 89.9 Å². The van der Waals surface area contributed by atoms with Crippen LogP contribution < -0.4 is 11.1 Å². The number of Topliss-reactive ketones (excluding diaryl/α,β-unsaturated/α-hetero) is 1. The zero-order chi connectivity index (χ0) is 93.0. The quantitative estimate of drug-likeness (QED) is 0.0281.